The number of furan rings is 1. The first-order valence-electron chi connectivity index (χ1n) is 20.4. The van der Waals surface area contributed by atoms with Crippen LogP contribution in [0.3, 0.4) is 0 Å². The van der Waals surface area contributed by atoms with E-state index in [4.69, 9.17) is 19.4 Å². The predicted molar refractivity (Wildman–Crippen MR) is 250 cm³/mol. The monoisotopic (exact) mass is 774 g/mol. The zero-order valence-electron chi connectivity index (χ0n) is 32.5. The lowest BCUT2D eigenvalue weighted by molar-refractivity contribution is 0.669. The van der Waals surface area contributed by atoms with E-state index in [9.17, 15) is 5.26 Å². The van der Waals surface area contributed by atoms with Gasteiger partial charge in [-0.15, -0.1) is 0 Å². The molecule has 2 heterocycles. The molecule has 0 fully saturated rings. The lowest BCUT2D eigenvalue weighted by atomic mass is 9.87. The van der Waals surface area contributed by atoms with Crippen molar-refractivity contribution in [1.82, 2.24) is 15.0 Å². The van der Waals surface area contributed by atoms with Gasteiger partial charge in [-0.3, -0.25) is 0 Å². The van der Waals surface area contributed by atoms with Gasteiger partial charge < -0.3 is 4.42 Å². The molecule has 0 spiro atoms. The van der Waals surface area contributed by atoms with Crippen LogP contribution in [0.2, 0.25) is 0 Å². The van der Waals surface area contributed by atoms with Gasteiger partial charge in [-0.2, -0.15) is 5.26 Å². The Morgan fingerprint density at radius 3 is 1.59 bits per heavy atom. The molecule has 0 N–H and O–H groups in total. The average Bonchev–Trinajstić information content (AvgIpc) is 3.71. The van der Waals surface area contributed by atoms with Crippen molar-refractivity contribution in [3.8, 4) is 51.4 Å². The number of para-hydroxylation sites is 1. The Morgan fingerprint density at radius 2 is 0.885 bits per heavy atom. The topological polar surface area (TPSA) is 75.6 Å². The van der Waals surface area contributed by atoms with Gasteiger partial charge in [0.25, 0.3) is 0 Å². The van der Waals surface area contributed by atoms with Gasteiger partial charge >= 0.3 is 0 Å². The van der Waals surface area contributed by atoms with Gasteiger partial charge in [-0.05, 0) is 118 Å². The lowest BCUT2D eigenvalue weighted by Crippen LogP contribution is -2.01. The maximum absolute atomic E-state index is 9.44. The zero-order chi connectivity index (χ0) is 40.2. The second-order valence-electron chi connectivity index (χ2n) is 15.8. The van der Waals surface area contributed by atoms with Crippen LogP contribution in [0.1, 0.15) is 5.56 Å². The van der Waals surface area contributed by atoms with Crippen molar-refractivity contribution in [3.63, 3.8) is 0 Å². The Morgan fingerprint density at radius 1 is 0.344 bits per heavy atom. The summed E-state index contributed by atoms with van der Waals surface area (Å²) < 4.78 is 6.35. The van der Waals surface area contributed by atoms with Gasteiger partial charge in [-0.1, -0.05) is 140 Å². The molecule has 0 bridgehead atoms. The molecule has 0 aliphatic rings. The number of hydrogen-bond acceptors (Lipinski definition) is 5. The third-order valence-electron chi connectivity index (χ3n) is 12.4. The smallest absolute Gasteiger partial charge is 0.164 e. The number of nitrogens with zero attached hydrogens (tertiary/aromatic N) is 4. The molecule has 13 rings (SSSR count). The highest BCUT2D eigenvalue weighted by atomic mass is 16.3. The Labute approximate surface area is 348 Å². The van der Waals surface area contributed by atoms with E-state index in [2.05, 4.69) is 121 Å². The number of benzene rings is 10. The first-order valence-corrected chi connectivity index (χ1v) is 20.4. The summed E-state index contributed by atoms with van der Waals surface area (Å²) in [7, 11) is 0. The predicted octanol–water partition coefficient (Wildman–Crippen LogP) is 14.7. The number of rotatable bonds is 4. The summed E-state index contributed by atoms with van der Waals surface area (Å²) in [6.07, 6.45) is 0. The highest BCUT2D eigenvalue weighted by molar-refractivity contribution is 6.37. The fraction of sp³-hybridized carbons (Fsp3) is 0. The van der Waals surface area contributed by atoms with Gasteiger partial charge in [-0.25, -0.2) is 15.0 Å². The summed E-state index contributed by atoms with van der Waals surface area (Å²) >= 11 is 0. The van der Waals surface area contributed by atoms with E-state index >= 15 is 0 Å². The van der Waals surface area contributed by atoms with Crippen molar-refractivity contribution < 1.29 is 4.42 Å². The molecule has 13 aromatic rings. The molecule has 5 heteroatoms. The first kappa shape index (κ1) is 33.5. The Kier molecular flexibility index (Phi) is 7.01. The molecule has 5 nitrogen and oxygen atoms in total. The second-order valence-corrected chi connectivity index (χ2v) is 15.8. The first-order chi connectivity index (χ1) is 30.2. The highest BCUT2D eigenvalue weighted by Crippen LogP contribution is 2.45. The maximum atomic E-state index is 9.44. The van der Waals surface area contributed by atoms with E-state index in [1.807, 2.05) is 66.7 Å². The molecule has 61 heavy (non-hydrogen) atoms. The van der Waals surface area contributed by atoms with Gasteiger partial charge in [0.2, 0.25) is 0 Å². The molecule has 11 aromatic carbocycles. The van der Waals surface area contributed by atoms with Crippen molar-refractivity contribution in [2.45, 2.75) is 0 Å². The normalized spacial score (nSPS) is 11.9. The Hall–Kier alpha value is -8.46. The minimum atomic E-state index is 0.560. The Balaban J connectivity index is 1.13. The number of aromatic nitrogens is 3. The molecular weight excluding hydrogens is 745 g/mol. The molecule has 0 saturated heterocycles. The van der Waals surface area contributed by atoms with Crippen LogP contribution in [0.5, 0.6) is 0 Å². The van der Waals surface area contributed by atoms with Crippen LogP contribution >= 0.6 is 0 Å². The second kappa shape index (κ2) is 12.8. The van der Waals surface area contributed by atoms with Crippen LogP contribution in [0.25, 0.3) is 132 Å². The van der Waals surface area contributed by atoms with Crippen LogP contribution in [-0.4, -0.2) is 15.0 Å². The Bertz CT molecular complexity index is 4000. The van der Waals surface area contributed by atoms with Crippen molar-refractivity contribution >= 4 is 86.6 Å². The molecule has 0 atom stereocenters. The third kappa shape index (κ3) is 5.03. The maximum Gasteiger partial charge on any atom is 0.164 e. The largest absolute Gasteiger partial charge is 0.456 e. The van der Waals surface area contributed by atoms with E-state index in [1.165, 1.54) is 53.9 Å². The molecule has 0 unspecified atom stereocenters. The SMILES string of the molecule is N#Cc1ccc(-c2cccc(-c3nc(-c4cc5ccc6cccc7c8cccc9ccc%10cccc(c(c4)c5c67)c%10c98)nc(-c4cccc5oc6ccccc6c45)n3)c2)cc1. The van der Waals surface area contributed by atoms with Crippen molar-refractivity contribution in [3.05, 3.63) is 188 Å². The van der Waals surface area contributed by atoms with Crippen LogP contribution in [0.4, 0.5) is 0 Å². The fourth-order valence-corrected chi connectivity index (χ4v) is 9.70. The summed E-state index contributed by atoms with van der Waals surface area (Å²) in [5.41, 5.74) is 6.84. The minimum absolute atomic E-state index is 0.560. The zero-order valence-corrected chi connectivity index (χ0v) is 32.5. The van der Waals surface area contributed by atoms with Crippen molar-refractivity contribution in [2.24, 2.45) is 0 Å². The van der Waals surface area contributed by atoms with E-state index in [1.54, 1.807) is 0 Å². The molecule has 280 valence electrons. The summed E-state index contributed by atoms with van der Waals surface area (Å²) in [5, 5.41) is 25.9. The van der Waals surface area contributed by atoms with E-state index < -0.39 is 0 Å². The third-order valence-corrected chi connectivity index (χ3v) is 12.4. The van der Waals surface area contributed by atoms with Gasteiger partial charge in [0.05, 0.1) is 11.6 Å². The van der Waals surface area contributed by atoms with E-state index in [0.29, 0.717) is 23.0 Å². The van der Waals surface area contributed by atoms with Crippen LogP contribution in [0.15, 0.2) is 186 Å². The van der Waals surface area contributed by atoms with Gasteiger partial charge in [0.15, 0.2) is 17.5 Å². The summed E-state index contributed by atoms with van der Waals surface area (Å²) in [5.74, 6) is 1.70. The summed E-state index contributed by atoms with van der Waals surface area (Å²) in [6, 6.07) is 65.9. The number of nitriles is 1. The van der Waals surface area contributed by atoms with Gasteiger partial charge in [0.1, 0.15) is 11.2 Å². The fourth-order valence-electron chi connectivity index (χ4n) is 9.70. The molecule has 0 amide bonds. The molecule has 0 aliphatic heterocycles. The molecular formula is C56H30N4O. The summed E-state index contributed by atoms with van der Waals surface area (Å²) in [4.78, 5) is 16.0. The quantitative estimate of drug-likeness (QED) is 0.166. The molecule has 0 saturated carbocycles. The van der Waals surface area contributed by atoms with Crippen molar-refractivity contribution in [2.75, 3.05) is 0 Å². The van der Waals surface area contributed by atoms with Crippen molar-refractivity contribution in [1.29, 1.82) is 5.26 Å². The average molecular weight is 775 g/mol. The summed E-state index contributed by atoms with van der Waals surface area (Å²) in [6.45, 7) is 0. The van der Waals surface area contributed by atoms with Crippen LogP contribution < -0.4 is 0 Å². The lowest BCUT2D eigenvalue weighted by Gasteiger charge is -2.17. The standard InChI is InChI=1S/C56H30N4O/c57-31-32-20-22-33(23-21-32)37-11-3-12-39(28-37)54-58-55(60-56(59-54)45-17-7-19-48-53(45)44-13-1-2-18-47(44)61-48)40-29-38-27-26-36-9-5-15-42-41-14-4-8-34-24-25-35-10-6-16-43(51(35)49(34)41)46(30-40)52(38)50(36)42/h1-30H. The van der Waals surface area contributed by atoms with Gasteiger partial charge in [0, 0.05) is 27.5 Å². The highest BCUT2D eigenvalue weighted by Gasteiger charge is 2.21. The molecule has 0 radical (unpaired) electrons. The number of hydrogen-bond donors (Lipinski definition) is 0. The van der Waals surface area contributed by atoms with Crippen LogP contribution in [-0.2, 0) is 0 Å². The number of fused-ring (bicyclic) bond motifs is 5. The molecule has 0 aliphatic carbocycles. The van der Waals surface area contributed by atoms with E-state index in [0.717, 1.165) is 60.5 Å². The molecule has 2 aromatic heterocycles. The minimum Gasteiger partial charge on any atom is -0.456 e. The van der Waals surface area contributed by atoms with E-state index in [-0.39, 0.29) is 0 Å². The van der Waals surface area contributed by atoms with Crippen LogP contribution in [0, 0.1) is 11.3 Å².